The molecule has 0 aromatic heterocycles. The quantitative estimate of drug-likeness (QED) is 0.599. The molecular weight excluding hydrogens is 235 g/mol. The molecule has 1 unspecified atom stereocenters. The molecule has 1 aromatic rings. The van der Waals surface area contributed by atoms with Crippen LogP contribution in [0.3, 0.4) is 0 Å². The van der Waals surface area contributed by atoms with Crippen LogP contribution >= 0.6 is 0 Å². The Hall–Kier alpha value is -1.49. The van der Waals surface area contributed by atoms with Crippen LogP contribution in [0.4, 0.5) is 10.1 Å². The van der Waals surface area contributed by atoms with Crippen molar-refractivity contribution in [3.05, 3.63) is 39.7 Å². The first-order valence-electron chi connectivity index (χ1n) is 6.20. The highest BCUT2D eigenvalue weighted by atomic mass is 19.1. The maximum atomic E-state index is 13.1. The smallest absolute Gasteiger partial charge is 0.274 e. The van der Waals surface area contributed by atoms with Gasteiger partial charge >= 0.3 is 0 Å². The number of hydrogen-bond acceptors (Lipinski definition) is 3. The SMILES string of the molecule is CCCCC(C)NCc1cc(F)ccc1[N+](=O)[O-]. The van der Waals surface area contributed by atoms with Crippen LogP contribution in [-0.2, 0) is 6.54 Å². The molecule has 1 rings (SSSR count). The number of benzene rings is 1. The van der Waals surface area contributed by atoms with Crippen molar-refractivity contribution in [2.75, 3.05) is 0 Å². The van der Waals surface area contributed by atoms with Gasteiger partial charge in [0, 0.05) is 24.2 Å². The van der Waals surface area contributed by atoms with E-state index in [0.29, 0.717) is 12.1 Å². The third kappa shape index (κ3) is 4.41. The molecule has 0 aliphatic rings. The Morgan fingerprint density at radius 2 is 2.22 bits per heavy atom. The molecule has 0 spiro atoms. The van der Waals surface area contributed by atoms with Crippen molar-refractivity contribution < 1.29 is 9.31 Å². The first-order valence-corrected chi connectivity index (χ1v) is 6.20. The summed E-state index contributed by atoms with van der Waals surface area (Å²) in [6.45, 7) is 4.46. The predicted octanol–water partition coefficient (Wildman–Crippen LogP) is 3.40. The number of hydrogen-bond donors (Lipinski definition) is 1. The zero-order chi connectivity index (χ0) is 13.5. The summed E-state index contributed by atoms with van der Waals surface area (Å²) in [5.41, 5.74) is 0.356. The summed E-state index contributed by atoms with van der Waals surface area (Å²) >= 11 is 0. The normalized spacial score (nSPS) is 12.4. The highest BCUT2D eigenvalue weighted by Crippen LogP contribution is 2.19. The van der Waals surface area contributed by atoms with Crippen molar-refractivity contribution in [1.82, 2.24) is 5.32 Å². The van der Waals surface area contributed by atoms with Gasteiger partial charge in [0.05, 0.1) is 4.92 Å². The Kier molecular flexibility index (Phi) is 5.71. The number of rotatable bonds is 7. The second-order valence-corrected chi connectivity index (χ2v) is 4.45. The van der Waals surface area contributed by atoms with Crippen molar-refractivity contribution in [3.63, 3.8) is 0 Å². The first kappa shape index (κ1) is 14.6. The Morgan fingerprint density at radius 3 is 2.83 bits per heavy atom. The van der Waals surface area contributed by atoms with Crippen LogP contribution in [0.15, 0.2) is 18.2 Å². The second-order valence-electron chi connectivity index (χ2n) is 4.45. The van der Waals surface area contributed by atoms with Gasteiger partial charge in [-0.15, -0.1) is 0 Å². The van der Waals surface area contributed by atoms with Crippen LogP contribution in [0.5, 0.6) is 0 Å². The van der Waals surface area contributed by atoms with E-state index in [2.05, 4.69) is 12.2 Å². The summed E-state index contributed by atoms with van der Waals surface area (Å²) < 4.78 is 13.1. The molecule has 0 aliphatic heterocycles. The van der Waals surface area contributed by atoms with E-state index in [4.69, 9.17) is 0 Å². The van der Waals surface area contributed by atoms with Crippen molar-refractivity contribution in [3.8, 4) is 0 Å². The summed E-state index contributed by atoms with van der Waals surface area (Å²) in [4.78, 5) is 10.3. The number of nitrogens with zero attached hydrogens (tertiary/aromatic N) is 1. The molecular formula is C13H19FN2O2. The predicted molar refractivity (Wildman–Crippen MR) is 68.9 cm³/mol. The number of nitrogens with one attached hydrogen (secondary N) is 1. The maximum absolute atomic E-state index is 13.1. The average Bonchev–Trinajstić information content (AvgIpc) is 2.33. The molecule has 0 aliphatic carbocycles. The lowest BCUT2D eigenvalue weighted by Gasteiger charge is -2.13. The van der Waals surface area contributed by atoms with Crippen molar-refractivity contribution in [1.29, 1.82) is 0 Å². The standard InChI is InChI=1S/C13H19FN2O2/c1-3-4-5-10(2)15-9-11-8-12(14)6-7-13(11)16(17)18/h6-8,10,15H,3-5,9H2,1-2H3. The molecule has 1 atom stereocenters. The van der Waals surface area contributed by atoms with Gasteiger partial charge in [0.2, 0.25) is 0 Å². The van der Waals surface area contributed by atoms with Gasteiger partial charge in [-0.05, 0) is 25.5 Å². The highest BCUT2D eigenvalue weighted by molar-refractivity contribution is 5.40. The maximum Gasteiger partial charge on any atom is 0.274 e. The van der Waals surface area contributed by atoms with Gasteiger partial charge in [0.15, 0.2) is 0 Å². The minimum Gasteiger partial charge on any atom is -0.310 e. The van der Waals surface area contributed by atoms with E-state index >= 15 is 0 Å². The van der Waals surface area contributed by atoms with E-state index < -0.39 is 10.7 Å². The van der Waals surface area contributed by atoms with Crippen molar-refractivity contribution in [2.45, 2.75) is 45.7 Å². The Morgan fingerprint density at radius 1 is 1.50 bits per heavy atom. The van der Waals surface area contributed by atoms with Gasteiger partial charge in [-0.25, -0.2) is 4.39 Å². The Balaban J connectivity index is 2.65. The first-order chi connectivity index (χ1) is 8.54. The van der Waals surface area contributed by atoms with E-state index in [1.807, 2.05) is 6.92 Å². The molecule has 0 radical (unpaired) electrons. The third-order valence-corrected chi connectivity index (χ3v) is 2.87. The average molecular weight is 254 g/mol. The Bertz CT molecular complexity index is 410. The summed E-state index contributed by atoms with van der Waals surface area (Å²) in [5, 5.41) is 14.0. The molecule has 0 bridgehead atoms. The Labute approximate surface area is 106 Å². The number of nitro benzene ring substituents is 1. The van der Waals surface area contributed by atoms with Crippen molar-refractivity contribution in [2.24, 2.45) is 0 Å². The van der Waals surface area contributed by atoms with E-state index in [9.17, 15) is 14.5 Å². The molecule has 0 heterocycles. The minimum absolute atomic E-state index is 0.0356. The lowest BCUT2D eigenvalue weighted by atomic mass is 10.1. The van der Waals surface area contributed by atoms with Crippen molar-refractivity contribution >= 4 is 5.69 Å². The molecule has 0 fully saturated rings. The van der Waals surface area contributed by atoms with Crippen LogP contribution in [0, 0.1) is 15.9 Å². The summed E-state index contributed by atoms with van der Waals surface area (Å²) in [5.74, 6) is -0.446. The lowest BCUT2D eigenvalue weighted by molar-refractivity contribution is -0.385. The van der Waals surface area contributed by atoms with Crippen LogP contribution in [0.1, 0.15) is 38.7 Å². The van der Waals surface area contributed by atoms with Gasteiger partial charge in [0.1, 0.15) is 5.82 Å². The number of unbranched alkanes of at least 4 members (excludes halogenated alkanes) is 1. The molecule has 0 amide bonds. The zero-order valence-corrected chi connectivity index (χ0v) is 10.8. The monoisotopic (exact) mass is 254 g/mol. The fourth-order valence-electron chi connectivity index (χ4n) is 1.77. The van der Waals surface area contributed by atoms with Gasteiger partial charge < -0.3 is 5.32 Å². The molecule has 1 N–H and O–H groups in total. The third-order valence-electron chi connectivity index (χ3n) is 2.87. The van der Waals surface area contributed by atoms with E-state index in [-0.39, 0.29) is 11.7 Å². The van der Waals surface area contributed by atoms with Crippen LogP contribution in [0.2, 0.25) is 0 Å². The van der Waals surface area contributed by atoms with E-state index in [1.54, 1.807) is 0 Å². The largest absolute Gasteiger partial charge is 0.310 e. The highest BCUT2D eigenvalue weighted by Gasteiger charge is 2.14. The fourth-order valence-corrected chi connectivity index (χ4v) is 1.77. The minimum atomic E-state index is -0.479. The van der Waals surface area contributed by atoms with Gasteiger partial charge in [-0.3, -0.25) is 10.1 Å². The van der Waals surface area contributed by atoms with Crippen LogP contribution in [-0.4, -0.2) is 11.0 Å². The second kappa shape index (κ2) is 7.06. The molecule has 0 saturated heterocycles. The van der Waals surface area contributed by atoms with Gasteiger partial charge in [-0.1, -0.05) is 19.8 Å². The topological polar surface area (TPSA) is 55.2 Å². The number of halogens is 1. The van der Waals surface area contributed by atoms with Gasteiger partial charge in [0.25, 0.3) is 5.69 Å². The zero-order valence-electron chi connectivity index (χ0n) is 10.8. The summed E-state index contributed by atoms with van der Waals surface area (Å²) in [7, 11) is 0. The molecule has 100 valence electrons. The summed E-state index contributed by atoms with van der Waals surface area (Å²) in [6.07, 6.45) is 3.24. The molecule has 18 heavy (non-hydrogen) atoms. The lowest BCUT2D eigenvalue weighted by Crippen LogP contribution is -2.25. The summed E-state index contributed by atoms with van der Waals surface area (Å²) in [6, 6.07) is 3.82. The van der Waals surface area contributed by atoms with Gasteiger partial charge in [-0.2, -0.15) is 0 Å². The van der Waals surface area contributed by atoms with Crippen LogP contribution < -0.4 is 5.32 Å². The number of nitro groups is 1. The molecule has 5 heteroatoms. The fraction of sp³-hybridized carbons (Fsp3) is 0.538. The molecule has 0 saturated carbocycles. The molecule has 4 nitrogen and oxygen atoms in total. The van der Waals surface area contributed by atoms with E-state index in [1.165, 1.54) is 12.1 Å². The van der Waals surface area contributed by atoms with Crippen LogP contribution in [0.25, 0.3) is 0 Å². The van der Waals surface area contributed by atoms with E-state index in [0.717, 1.165) is 25.3 Å². The molecule has 1 aromatic carbocycles.